The first kappa shape index (κ1) is 21.0. The second-order valence-electron chi connectivity index (χ2n) is 7.20. The number of carbonyl (C=O) groups excluding carboxylic acids is 2. The second kappa shape index (κ2) is 8.85. The predicted octanol–water partition coefficient (Wildman–Crippen LogP) is 4.30. The van der Waals surface area contributed by atoms with Gasteiger partial charge in [0.2, 0.25) is 0 Å². The first-order valence-corrected chi connectivity index (χ1v) is 10.5. The van der Waals surface area contributed by atoms with Gasteiger partial charge in [-0.05, 0) is 36.2 Å². The van der Waals surface area contributed by atoms with Crippen molar-refractivity contribution in [1.82, 2.24) is 14.5 Å². The summed E-state index contributed by atoms with van der Waals surface area (Å²) in [5.74, 6) is -2.11. The van der Waals surface area contributed by atoms with Gasteiger partial charge in [-0.3, -0.25) is 9.59 Å². The number of aliphatic hydroxyl groups is 1. The third-order valence-corrected chi connectivity index (χ3v) is 5.75. The van der Waals surface area contributed by atoms with Crippen LogP contribution in [0.5, 0.6) is 0 Å². The molecule has 31 heavy (non-hydrogen) atoms. The molecule has 0 bridgehead atoms. The number of hydrogen-bond donors (Lipinski definition) is 1. The highest BCUT2D eigenvalue weighted by Gasteiger charge is 2.45. The van der Waals surface area contributed by atoms with E-state index in [2.05, 4.69) is 20.9 Å². The Hall–Kier alpha value is -3.26. The van der Waals surface area contributed by atoms with Crippen LogP contribution in [0.15, 0.2) is 77.3 Å². The fraction of sp³-hybridized carbons (Fsp3) is 0.174. The lowest BCUT2D eigenvalue weighted by Crippen LogP contribution is -2.31. The number of ketones is 1. The summed E-state index contributed by atoms with van der Waals surface area (Å²) >= 11 is 3.34. The van der Waals surface area contributed by atoms with E-state index >= 15 is 0 Å². The minimum Gasteiger partial charge on any atom is -0.507 e. The normalized spacial score (nSPS) is 18.0. The number of aliphatic hydroxyl groups excluding tert-OH is 1. The summed E-state index contributed by atoms with van der Waals surface area (Å²) in [6.45, 7) is 0.910. The van der Waals surface area contributed by atoms with E-state index in [1.807, 2.05) is 10.8 Å². The van der Waals surface area contributed by atoms with Crippen LogP contribution in [0, 0.1) is 5.82 Å². The molecular weight excluding hydrogens is 465 g/mol. The molecule has 3 aromatic rings. The molecule has 4 rings (SSSR count). The number of nitrogens with zero attached hydrogens (tertiary/aromatic N) is 3. The molecule has 8 heteroatoms. The Morgan fingerprint density at radius 3 is 2.42 bits per heavy atom. The molecule has 1 aliphatic heterocycles. The number of hydrogen-bond acceptors (Lipinski definition) is 4. The molecule has 1 atom stereocenters. The van der Waals surface area contributed by atoms with E-state index in [0.29, 0.717) is 30.6 Å². The molecule has 0 aliphatic carbocycles. The van der Waals surface area contributed by atoms with Gasteiger partial charge in [-0.15, -0.1) is 0 Å². The van der Waals surface area contributed by atoms with E-state index in [-0.39, 0.29) is 11.3 Å². The smallest absolute Gasteiger partial charge is 0.295 e. The van der Waals surface area contributed by atoms with E-state index in [0.717, 1.165) is 4.47 Å². The largest absolute Gasteiger partial charge is 0.507 e. The van der Waals surface area contributed by atoms with Crippen molar-refractivity contribution in [2.24, 2.45) is 0 Å². The number of aromatic nitrogens is 2. The molecule has 1 saturated heterocycles. The summed E-state index contributed by atoms with van der Waals surface area (Å²) < 4.78 is 16.2. The highest BCUT2D eigenvalue weighted by Crippen LogP contribution is 2.39. The number of aryl methyl sites for hydroxylation is 1. The van der Waals surface area contributed by atoms with E-state index < -0.39 is 23.5 Å². The Balaban J connectivity index is 1.72. The molecule has 158 valence electrons. The molecule has 0 radical (unpaired) electrons. The van der Waals surface area contributed by atoms with Crippen LogP contribution in [0.2, 0.25) is 0 Å². The van der Waals surface area contributed by atoms with Crippen molar-refractivity contribution in [2.75, 3.05) is 6.54 Å². The van der Waals surface area contributed by atoms with Crippen molar-refractivity contribution in [3.63, 3.8) is 0 Å². The first-order valence-electron chi connectivity index (χ1n) is 9.71. The van der Waals surface area contributed by atoms with Crippen LogP contribution in [0.1, 0.15) is 23.6 Å². The fourth-order valence-corrected chi connectivity index (χ4v) is 3.97. The highest BCUT2D eigenvalue weighted by atomic mass is 79.9. The van der Waals surface area contributed by atoms with Crippen LogP contribution in [-0.4, -0.2) is 37.8 Å². The molecule has 1 N–H and O–H groups in total. The van der Waals surface area contributed by atoms with Gasteiger partial charge in [-0.25, -0.2) is 9.37 Å². The molecule has 2 aromatic carbocycles. The lowest BCUT2D eigenvalue weighted by Gasteiger charge is -2.25. The van der Waals surface area contributed by atoms with Crippen LogP contribution in [0.4, 0.5) is 4.39 Å². The van der Waals surface area contributed by atoms with Crippen LogP contribution in [0.3, 0.4) is 0 Å². The van der Waals surface area contributed by atoms with E-state index in [9.17, 15) is 19.1 Å². The third kappa shape index (κ3) is 4.29. The van der Waals surface area contributed by atoms with Gasteiger partial charge in [0.25, 0.3) is 11.7 Å². The van der Waals surface area contributed by atoms with Crippen LogP contribution in [-0.2, 0) is 16.1 Å². The Kier molecular flexibility index (Phi) is 5.99. The van der Waals surface area contributed by atoms with Gasteiger partial charge < -0.3 is 14.6 Å². The topological polar surface area (TPSA) is 75.4 Å². The molecule has 1 amide bonds. The van der Waals surface area contributed by atoms with Crippen molar-refractivity contribution in [2.45, 2.75) is 19.0 Å². The van der Waals surface area contributed by atoms with Crippen LogP contribution >= 0.6 is 15.9 Å². The van der Waals surface area contributed by atoms with Crippen molar-refractivity contribution in [3.8, 4) is 0 Å². The summed E-state index contributed by atoms with van der Waals surface area (Å²) in [5.41, 5.74) is 0.982. The summed E-state index contributed by atoms with van der Waals surface area (Å²) in [7, 11) is 0. The number of halogens is 2. The Labute approximate surface area is 186 Å². The SMILES string of the molecule is O=C1C(=O)N(CCCn2ccnc2)[C@H](c2ccc(F)cc2)C1=C(O)c1ccc(Br)cc1. The molecule has 2 heterocycles. The molecule has 1 fully saturated rings. The van der Waals surface area contributed by atoms with Gasteiger partial charge in [-0.1, -0.05) is 40.2 Å². The fourth-order valence-electron chi connectivity index (χ4n) is 3.71. The minimum atomic E-state index is -0.799. The van der Waals surface area contributed by atoms with Crippen molar-refractivity contribution < 1.29 is 19.1 Å². The van der Waals surface area contributed by atoms with Crippen molar-refractivity contribution >= 4 is 33.4 Å². The number of amides is 1. The zero-order valence-corrected chi connectivity index (χ0v) is 18.0. The van der Waals surface area contributed by atoms with Gasteiger partial charge >= 0.3 is 0 Å². The van der Waals surface area contributed by atoms with Crippen LogP contribution in [0.25, 0.3) is 5.76 Å². The number of rotatable bonds is 6. The lowest BCUT2D eigenvalue weighted by molar-refractivity contribution is -0.139. The molecule has 0 saturated carbocycles. The maximum absolute atomic E-state index is 13.5. The summed E-state index contributed by atoms with van der Waals surface area (Å²) in [5, 5.41) is 11.0. The molecule has 0 spiro atoms. The summed E-state index contributed by atoms with van der Waals surface area (Å²) in [6.07, 6.45) is 5.75. The van der Waals surface area contributed by atoms with E-state index in [1.54, 1.807) is 36.8 Å². The number of Topliss-reactive ketones (excluding diaryl/α,β-unsaturated/α-hetero) is 1. The number of carbonyl (C=O) groups is 2. The summed E-state index contributed by atoms with van der Waals surface area (Å²) in [4.78, 5) is 31.2. The summed E-state index contributed by atoms with van der Waals surface area (Å²) in [6, 6.07) is 11.6. The lowest BCUT2D eigenvalue weighted by atomic mass is 9.95. The van der Waals surface area contributed by atoms with Gasteiger partial charge in [0.1, 0.15) is 11.6 Å². The van der Waals surface area contributed by atoms with Gasteiger partial charge in [-0.2, -0.15) is 0 Å². The third-order valence-electron chi connectivity index (χ3n) is 5.22. The van der Waals surface area contributed by atoms with E-state index in [1.165, 1.54) is 29.2 Å². The monoisotopic (exact) mass is 483 g/mol. The predicted molar refractivity (Wildman–Crippen MR) is 116 cm³/mol. The van der Waals surface area contributed by atoms with Gasteiger partial charge in [0.15, 0.2) is 0 Å². The van der Waals surface area contributed by atoms with Crippen molar-refractivity contribution in [3.05, 3.63) is 94.2 Å². The van der Waals surface area contributed by atoms with Gasteiger partial charge in [0, 0.05) is 35.5 Å². The first-order chi connectivity index (χ1) is 15.0. The second-order valence-corrected chi connectivity index (χ2v) is 8.12. The number of likely N-dealkylation sites (tertiary alicyclic amines) is 1. The standard InChI is InChI=1S/C23H19BrFN3O3/c24-17-6-2-16(3-7-17)21(29)19-20(15-4-8-18(25)9-5-15)28(23(31)22(19)30)12-1-11-27-13-10-26-14-27/h2-10,13-14,20,29H,1,11-12H2/t20-/m1/s1. The Morgan fingerprint density at radius 2 is 1.77 bits per heavy atom. The Morgan fingerprint density at radius 1 is 1.06 bits per heavy atom. The average Bonchev–Trinajstić information content (AvgIpc) is 3.37. The van der Waals surface area contributed by atoms with Crippen molar-refractivity contribution in [1.29, 1.82) is 0 Å². The average molecular weight is 484 g/mol. The zero-order valence-electron chi connectivity index (χ0n) is 16.4. The molecular formula is C23H19BrFN3O3. The van der Waals surface area contributed by atoms with Gasteiger partial charge in [0.05, 0.1) is 17.9 Å². The molecule has 0 unspecified atom stereocenters. The quantitative estimate of drug-likeness (QED) is 0.322. The van der Waals surface area contributed by atoms with E-state index in [4.69, 9.17) is 0 Å². The molecule has 6 nitrogen and oxygen atoms in total. The maximum Gasteiger partial charge on any atom is 0.295 e. The minimum absolute atomic E-state index is 0.00145. The highest BCUT2D eigenvalue weighted by molar-refractivity contribution is 9.10. The zero-order chi connectivity index (χ0) is 22.0. The number of benzene rings is 2. The molecule has 1 aliphatic rings. The maximum atomic E-state index is 13.5. The Bertz CT molecular complexity index is 1130. The number of imidazole rings is 1. The van der Waals surface area contributed by atoms with Crippen LogP contribution < -0.4 is 0 Å². The molecule has 1 aromatic heterocycles.